The zero-order valence-corrected chi connectivity index (χ0v) is 10.5. The molecule has 17 heavy (non-hydrogen) atoms. The van der Waals surface area contributed by atoms with Gasteiger partial charge < -0.3 is 4.74 Å². The minimum atomic E-state index is -0.501. The fourth-order valence-corrected chi connectivity index (χ4v) is 1.51. The molecule has 0 bridgehead atoms. The first kappa shape index (κ1) is 11.9. The summed E-state index contributed by atoms with van der Waals surface area (Å²) in [5, 5.41) is 4.51. The van der Waals surface area contributed by atoms with E-state index >= 15 is 0 Å². The lowest BCUT2D eigenvalue weighted by Gasteiger charge is -2.13. The number of aromatic nitrogens is 3. The first-order chi connectivity index (χ1) is 7.99. The Morgan fingerprint density at radius 2 is 2.29 bits per heavy atom. The van der Waals surface area contributed by atoms with Crippen molar-refractivity contribution >= 4 is 23.0 Å². The second kappa shape index (κ2) is 4.33. The first-order valence-electron chi connectivity index (χ1n) is 5.16. The van der Waals surface area contributed by atoms with E-state index in [9.17, 15) is 4.79 Å². The van der Waals surface area contributed by atoms with Crippen LogP contribution in [0.4, 0.5) is 0 Å². The van der Waals surface area contributed by atoms with E-state index < -0.39 is 6.10 Å². The van der Waals surface area contributed by atoms with E-state index in [1.54, 1.807) is 20.0 Å². The Bertz CT molecular complexity index is 579. The predicted octanol–water partition coefficient (Wildman–Crippen LogP) is 2.05. The summed E-state index contributed by atoms with van der Waals surface area (Å²) in [4.78, 5) is 15.4. The number of hydrogen-bond acceptors (Lipinski definition) is 4. The topological polar surface area (TPSA) is 56.5 Å². The van der Waals surface area contributed by atoms with Gasteiger partial charge in [-0.2, -0.15) is 5.10 Å². The average molecular weight is 254 g/mol. The molecule has 2 rings (SSSR count). The van der Waals surface area contributed by atoms with Gasteiger partial charge in [0.1, 0.15) is 5.02 Å². The van der Waals surface area contributed by atoms with Gasteiger partial charge in [-0.3, -0.25) is 4.79 Å². The maximum atomic E-state index is 11.1. The largest absolute Gasteiger partial charge is 0.479 e. The summed E-state index contributed by atoms with van der Waals surface area (Å²) in [7, 11) is 0. The van der Waals surface area contributed by atoms with Crippen LogP contribution < -0.4 is 4.74 Å². The molecule has 0 radical (unpaired) electrons. The fourth-order valence-electron chi connectivity index (χ4n) is 1.34. The Balaban J connectivity index is 2.41. The number of fused-ring (bicyclic) bond motifs is 1. The second-order valence-corrected chi connectivity index (χ2v) is 4.23. The number of rotatable bonds is 3. The third kappa shape index (κ3) is 2.24. The summed E-state index contributed by atoms with van der Waals surface area (Å²) in [5.74, 6) is 0.489. The SMILES string of the molecule is CC(=O)C(C)Oc1cn2ncc(Cl)c2nc1C. The number of carbonyl (C=O) groups excluding carboxylic acids is 1. The van der Waals surface area contributed by atoms with E-state index in [-0.39, 0.29) is 5.78 Å². The molecule has 0 aliphatic heterocycles. The van der Waals surface area contributed by atoms with Crippen LogP contribution in [-0.2, 0) is 4.79 Å². The van der Waals surface area contributed by atoms with E-state index in [1.165, 1.54) is 17.6 Å². The van der Waals surface area contributed by atoms with Crippen LogP contribution in [0.3, 0.4) is 0 Å². The van der Waals surface area contributed by atoms with Crippen LogP contribution in [0, 0.1) is 6.92 Å². The van der Waals surface area contributed by atoms with E-state index in [2.05, 4.69) is 10.1 Å². The molecule has 0 aliphatic carbocycles. The van der Waals surface area contributed by atoms with Crippen molar-refractivity contribution in [2.45, 2.75) is 26.9 Å². The molecule has 0 spiro atoms. The molecule has 2 aromatic rings. The van der Waals surface area contributed by atoms with Gasteiger partial charge in [-0.15, -0.1) is 0 Å². The molecule has 0 saturated carbocycles. The molecule has 2 heterocycles. The molecule has 2 aromatic heterocycles. The van der Waals surface area contributed by atoms with E-state index in [4.69, 9.17) is 16.3 Å². The van der Waals surface area contributed by atoms with Gasteiger partial charge in [0, 0.05) is 0 Å². The number of ketones is 1. The molecule has 6 heteroatoms. The van der Waals surface area contributed by atoms with Crippen LogP contribution >= 0.6 is 11.6 Å². The molecule has 1 atom stereocenters. The highest BCUT2D eigenvalue weighted by atomic mass is 35.5. The second-order valence-electron chi connectivity index (χ2n) is 3.82. The summed E-state index contributed by atoms with van der Waals surface area (Å²) < 4.78 is 7.03. The van der Waals surface area contributed by atoms with Crippen molar-refractivity contribution in [3.63, 3.8) is 0 Å². The molecule has 1 unspecified atom stereocenters. The third-order valence-corrected chi connectivity index (χ3v) is 2.74. The van der Waals surface area contributed by atoms with Gasteiger partial charge in [-0.1, -0.05) is 11.6 Å². The smallest absolute Gasteiger partial charge is 0.174 e. The van der Waals surface area contributed by atoms with Gasteiger partial charge in [0.05, 0.1) is 18.1 Å². The zero-order chi connectivity index (χ0) is 12.6. The molecule has 0 N–H and O–H groups in total. The highest BCUT2D eigenvalue weighted by Crippen LogP contribution is 2.21. The summed E-state index contributed by atoms with van der Waals surface area (Å²) in [6, 6.07) is 0. The Morgan fingerprint density at radius 3 is 2.94 bits per heavy atom. The fraction of sp³-hybridized carbons (Fsp3) is 0.364. The van der Waals surface area contributed by atoms with Gasteiger partial charge in [-0.25, -0.2) is 9.50 Å². The number of ether oxygens (including phenoxy) is 1. The molecule has 0 fully saturated rings. The van der Waals surface area contributed by atoms with Crippen molar-refractivity contribution in [3.05, 3.63) is 23.1 Å². The van der Waals surface area contributed by atoms with Crippen LogP contribution in [-0.4, -0.2) is 26.5 Å². The highest BCUT2D eigenvalue weighted by molar-refractivity contribution is 6.33. The van der Waals surface area contributed by atoms with Gasteiger partial charge >= 0.3 is 0 Å². The highest BCUT2D eigenvalue weighted by Gasteiger charge is 2.13. The van der Waals surface area contributed by atoms with Crippen molar-refractivity contribution < 1.29 is 9.53 Å². The average Bonchev–Trinajstić information content (AvgIpc) is 2.61. The normalized spacial score (nSPS) is 12.7. The molecule has 0 aliphatic rings. The lowest BCUT2D eigenvalue weighted by Crippen LogP contribution is -2.21. The van der Waals surface area contributed by atoms with Crippen LogP contribution in [0.5, 0.6) is 5.75 Å². The summed E-state index contributed by atoms with van der Waals surface area (Å²) >= 11 is 5.91. The number of Topliss-reactive ketones (excluding diaryl/α,β-unsaturated/α-hetero) is 1. The quantitative estimate of drug-likeness (QED) is 0.840. The monoisotopic (exact) mass is 253 g/mol. The summed E-state index contributed by atoms with van der Waals surface area (Å²) in [5.41, 5.74) is 1.25. The molecule has 0 saturated heterocycles. The molecule has 90 valence electrons. The minimum Gasteiger partial charge on any atom is -0.479 e. The molecular weight excluding hydrogens is 242 g/mol. The Kier molecular flexibility index (Phi) is 3.02. The van der Waals surface area contributed by atoms with Gasteiger partial charge in [-0.05, 0) is 20.8 Å². The molecule has 0 amide bonds. The predicted molar refractivity (Wildman–Crippen MR) is 63.5 cm³/mol. The maximum absolute atomic E-state index is 11.1. The third-order valence-electron chi connectivity index (χ3n) is 2.47. The van der Waals surface area contributed by atoms with Crippen LogP contribution in [0.15, 0.2) is 12.4 Å². The molecule has 0 aromatic carbocycles. The van der Waals surface area contributed by atoms with Crippen molar-refractivity contribution in [1.29, 1.82) is 0 Å². The van der Waals surface area contributed by atoms with E-state index in [1.807, 2.05) is 0 Å². The maximum Gasteiger partial charge on any atom is 0.174 e. The number of aryl methyl sites for hydroxylation is 1. The van der Waals surface area contributed by atoms with Crippen molar-refractivity contribution in [3.8, 4) is 5.75 Å². The summed E-state index contributed by atoms with van der Waals surface area (Å²) in [6.45, 7) is 4.98. The number of halogens is 1. The Labute approximate surface area is 103 Å². The van der Waals surface area contributed by atoms with Crippen molar-refractivity contribution in [2.24, 2.45) is 0 Å². The number of nitrogens with zero attached hydrogens (tertiary/aromatic N) is 3. The standard InChI is InChI=1S/C11H12ClN3O2/c1-6-10(17-8(3)7(2)16)5-15-11(14-6)9(12)4-13-15/h4-5,8H,1-3H3. The molecular formula is C11H12ClN3O2. The van der Waals surface area contributed by atoms with E-state index in [0.29, 0.717) is 22.1 Å². The van der Waals surface area contributed by atoms with Crippen LogP contribution in [0.25, 0.3) is 5.65 Å². The Hall–Kier alpha value is -1.62. The van der Waals surface area contributed by atoms with Gasteiger partial charge in [0.2, 0.25) is 0 Å². The number of carbonyl (C=O) groups is 1. The van der Waals surface area contributed by atoms with Gasteiger partial charge in [0.25, 0.3) is 0 Å². The number of hydrogen-bond donors (Lipinski definition) is 0. The minimum absolute atomic E-state index is 0.0389. The van der Waals surface area contributed by atoms with Gasteiger partial charge in [0.15, 0.2) is 23.3 Å². The Morgan fingerprint density at radius 1 is 1.59 bits per heavy atom. The first-order valence-corrected chi connectivity index (χ1v) is 5.54. The lowest BCUT2D eigenvalue weighted by atomic mass is 10.3. The van der Waals surface area contributed by atoms with Crippen LogP contribution in [0.1, 0.15) is 19.5 Å². The van der Waals surface area contributed by atoms with E-state index in [0.717, 1.165) is 0 Å². The van der Waals surface area contributed by atoms with Crippen molar-refractivity contribution in [2.75, 3.05) is 0 Å². The van der Waals surface area contributed by atoms with Crippen LogP contribution in [0.2, 0.25) is 5.02 Å². The van der Waals surface area contributed by atoms with Crippen molar-refractivity contribution in [1.82, 2.24) is 14.6 Å². The lowest BCUT2D eigenvalue weighted by molar-refractivity contribution is -0.122. The molecule has 5 nitrogen and oxygen atoms in total. The summed E-state index contributed by atoms with van der Waals surface area (Å²) in [6.07, 6.45) is 2.68. The zero-order valence-electron chi connectivity index (χ0n) is 9.77.